The van der Waals surface area contributed by atoms with Crippen LogP contribution in [0.4, 0.5) is 8.78 Å². The van der Waals surface area contributed by atoms with Crippen molar-refractivity contribution >= 4 is 17.2 Å². The number of hydrogen-bond acceptors (Lipinski definition) is 5. The van der Waals surface area contributed by atoms with Crippen LogP contribution < -0.4 is 10.6 Å². The van der Waals surface area contributed by atoms with Crippen LogP contribution in [0.3, 0.4) is 0 Å². The molecular formula is C24H27F2N3O2S. The zero-order valence-electron chi connectivity index (χ0n) is 18.1. The number of amides is 1. The van der Waals surface area contributed by atoms with Crippen LogP contribution in [0.15, 0.2) is 47.8 Å². The number of nitrogens with zero attached hydrogens (tertiary/aromatic N) is 1. The summed E-state index contributed by atoms with van der Waals surface area (Å²) in [6.07, 6.45) is 0.0158. The molecule has 0 radical (unpaired) electrons. The van der Waals surface area contributed by atoms with Gasteiger partial charge in [-0.25, -0.2) is 13.8 Å². The Labute approximate surface area is 190 Å². The van der Waals surface area contributed by atoms with Crippen molar-refractivity contribution in [2.45, 2.75) is 45.4 Å². The minimum absolute atomic E-state index is 0.0672. The number of carbonyl (C=O) groups excluding carboxylic acids is 1. The second-order valence-electron chi connectivity index (χ2n) is 7.69. The summed E-state index contributed by atoms with van der Waals surface area (Å²) in [5.74, 6) is -1.85. The third-order valence-electron chi connectivity index (χ3n) is 5.09. The van der Waals surface area contributed by atoms with E-state index in [2.05, 4.69) is 34.7 Å². The Balaban J connectivity index is 1.68. The molecule has 0 unspecified atom stereocenters. The zero-order valence-corrected chi connectivity index (χ0v) is 18.9. The van der Waals surface area contributed by atoms with E-state index in [0.29, 0.717) is 12.1 Å². The number of aryl methyl sites for hydroxylation is 2. The second kappa shape index (κ2) is 11.3. The first-order chi connectivity index (χ1) is 15.3. The van der Waals surface area contributed by atoms with Gasteiger partial charge >= 0.3 is 0 Å². The Morgan fingerprint density at radius 2 is 1.84 bits per heavy atom. The normalized spacial score (nSPS) is 13.0. The minimum atomic E-state index is -0.987. The molecule has 0 aliphatic carbocycles. The molecule has 3 aromatic rings. The van der Waals surface area contributed by atoms with Gasteiger partial charge in [0.2, 0.25) is 0 Å². The van der Waals surface area contributed by atoms with Crippen molar-refractivity contribution in [2.24, 2.45) is 0 Å². The van der Waals surface area contributed by atoms with E-state index in [0.717, 1.165) is 23.1 Å². The first kappa shape index (κ1) is 24.0. The molecule has 0 bridgehead atoms. The molecule has 1 amide bonds. The number of nitrogens with one attached hydrogen (secondary N) is 2. The molecule has 5 nitrogen and oxygen atoms in total. The maximum absolute atomic E-state index is 13.7. The fourth-order valence-electron chi connectivity index (χ4n) is 3.44. The van der Waals surface area contributed by atoms with E-state index in [-0.39, 0.29) is 18.7 Å². The third-order valence-corrected chi connectivity index (χ3v) is 5.87. The van der Waals surface area contributed by atoms with Crippen LogP contribution >= 0.6 is 11.3 Å². The number of benzene rings is 2. The van der Waals surface area contributed by atoms with Crippen LogP contribution in [0.5, 0.6) is 0 Å². The van der Waals surface area contributed by atoms with Crippen molar-refractivity contribution in [3.63, 3.8) is 0 Å². The van der Waals surface area contributed by atoms with E-state index in [1.165, 1.54) is 29.0 Å². The van der Waals surface area contributed by atoms with Crippen molar-refractivity contribution in [1.29, 1.82) is 0 Å². The van der Waals surface area contributed by atoms with Crippen molar-refractivity contribution in [3.05, 3.63) is 86.9 Å². The maximum Gasteiger partial charge on any atom is 0.271 e. The highest BCUT2D eigenvalue weighted by atomic mass is 32.1. The highest BCUT2D eigenvalue weighted by molar-refractivity contribution is 7.09. The van der Waals surface area contributed by atoms with Crippen LogP contribution in [0, 0.1) is 18.6 Å². The number of aliphatic hydroxyl groups is 1. The Morgan fingerprint density at radius 1 is 1.12 bits per heavy atom. The van der Waals surface area contributed by atoms with Crippen molar-refractivity contribution < 1.29 is 18.7 Å². The van der Waals surface area contributed by atoms with E-state index in [1.54, 1.807) is 12.3 Å². The van der Waals surface area contributed by atoms with E-state index in [4.69, 9.17) is 0 Å². The lowest BCUT2D eigenvalue weighted by molar-refractivity contribution is 0.0826. The summed E-state index contributed by atoms with van der Waals surface area (Å²) in [5.41, 5.74) is 2.90. The zero-order chi connectivity index (χ0) is 23.1. The lowest BCUT2D eigenvalue weighted by Crippen LogP contribution is -2.48. The molecule has 1 heterocycles. The smallest absolute Gasteiger partial charge is 0.271 e. The molecule has 8 heteroatoms. The molecule has 0 saturated heterocycles. The van der Waals surface area contributed by atoms with Gasteiger partial charge in [0.05, 0.1) is 17.2 Å². The van der Waals surface area contributed by atoms with Gasteiger partial charge in [-0.2, -0.15) is 0 Å². The standard InChI is InChI=1S/C24H27F2N3O2S/c1-3-16-5-4-6-17(7-16)12-27-13-23(30)21(10-18-8-19(25)11-20(26)9-18)29-24(31)22-14-32-15(2)28-22/h4-9,11,14,21,23,27,30H,3,10,12-13H2,1-2H3,(H,29,31)/t21-,23+/m0/s1. The topological polar surface area (TPSA) is 74.2 Å². The van der Waals surface area contributed by atoms with Gasteiger partial charge in [-0.1, -0.05) is 31.2 Å². The number of thiazole rings is 1. The Morgan fingerprint density at radius 3 is 2.50 bits per heavy atom. The lowest BCUT2D eigenvalue weighted by atomic mass is 10.00. The van der Waals surface area contributed by atoms with E-state index in [1.807, 2.05) is 12.1 Å². The van der Waals surface area contributed by atoms with Gasteiger partial charge in [0.25, 0.3) is 5.91 Å². The first-order valence-electron chi connectivity index (χ1n) is 10.5. The summed E-state index contributed by atoms with van der Waals surface area (Å²) in [4.78, 5) is 16.8. The molecule has 0 spiro atoms. The monoisotopic (exact) mass is 459 g/mol. The molecule has 3 N–H and O–H groups in total. The predicted molar refractivity (Wildman–Crippen MR) is 122 cm³/mol. The van der Waals surface area contributed by atoms with Crippen LogP contribution in [0.25, 0.3) is 0 Å². The fourth-order valence-corrected chi connectivity index (χ4v) is 4.04. The average molecular weight is 460 g/mol. The molecular weight excluding hydrogens is 432 g/mol. The highest BCUT2D eigenvalue weighted by Crippen LogP contribution is 2.14. The van der Waals surface area contributed by atoms with E-state index < -0.39 is 29.7 Å². The van der Waals surface area contributed by atoms with Gasteiger partial charge < -0.3 is 15.7 Å². The number of halogens is 2. The molecule has 0 aliphatic heterocycles. The molecule has 0 fully saturated rings. The minimum Gasteiger partial charge on any atom is -0.390 e. The predicted octanol–water partition coefficient (Wildman–Crippen LogP) is 3.78. The first-order valence-corrected chi connectivity index (χ1v) is 11.4. The second-order valence-corrected chi connectivity index (χ2v) is 8.75. The summed E-state index contributed by atoms with van der Waals surface area (Å²) in [6, 6.07) is 10.6. The van der Waals surface area contributed by atoms with Crippen LogP contribution in [0.1, 0.15) is 39.1 Å². The van der Waals surface area contributed by atoms with Crippen molar-refractivity contribution in [2.75, 3.05) is 6.54 Å². The number of rotatable bonds is 10. The number of aromatic nitrogens is 1. The molecule has 0 aliphatic rings. The van der Waals surface area contributed by atoms with Crippen LogP contribution in [0.2, 0.25) is 0 Å². The molecule has 32 heavy (non-hydrogen) atoms. The number of hydrogen-bond donors (Lipinski definition) is 3. The summed E-state index contributed by atoms with van der Waals surface area (Å²) < 4.78 is 27.3. The van der Waals surface area contributed by atoms with Crippen LogP contribution in [-0.4, -0.2) is 34.7 Å². The number of aliphatic hydroxyl groups excluding tert-OH is 1. The Hall–Kier alpha value is -2.68. The van der Waals surface area contributed by atoms with Gasteiger partial charge in [-0.05, 0) is 48.6 Å². The van der Waals surface area contributed by atoms with E-state index in [9.17, 15) is 18.7 Å². The van der Waals surface area contributed by atoms with Crippen LogP contribution in [-0.2, 0) is 19.4 Å². The maximum atomic E-state index is 13.7. The molecule has 2 aromatic carbocycles. The largest absolute Gasteiger partial charge is 0.390 e. The van der Waals surface area contributed by atoms with Gasteiger partial charge in [0.15, 0.2) is 0 Å². The van der Waals surface area contributed by atoms with Gasteiger partial charge in [0.1, 0.15) is 17.3 Å². The quantitative estimate of drug-likeness (QED) is 0.431. The summed E-state index contributed by atoms with van der Waals surface area (Å²) >= 11 is 1.34. The molecule has 2 atom stereocenters. The fraction of sp³-hybridized carbons (Fsp3) is 0.333. The lowest BCUT2D eigenvalue weighted by Gasteiger charge is -2.24. The highest BCUT2D eigenvalue weighted by Gasteiger charge is 2.24. The van der Waals surface area contributed by atoms with Gasteiger partial charge in [-0.3, -0.25) is 4.79 Å². The van der Waals surface area contributed by atoms with Crippen molar-refractivity contribution in [3.8, 4) is 0 Å². The van der Waals surface area contributed by atoms with Gasteiger partial charge in [-0.15, -0.1) is 11.3 Å². The summed E-state index contributed by atoms with van der Waals surface area (Å²) in [7, 11) is 0. The molecule has 1 aromatic heterocycles. The summed E-state index contributed by atoms with van der Waals surface area (Å²) in [5, 5.41) is 19.2. The van der Waals surface area contributed by atoms with Crippen molar-refractivity contribution in [1.82, 2.24) is 15.6 Å². The SMILES string of the molecule is CCc1cccc(CNC[C@@H](O)[C@H](Cc2cc(F)cc(F)c2)NC(=O)c2csc(C)n2)c1. The molecule has 3 rings (SSSR count). The third kappa shape index (κ3) is 6.91. The molecule has 170 valence electrons. The Bertz CT molecular complexity index is 1040. The van der Waals surface area contributed by atoms with Gasteiger partial charge in [0, 0.05) is 24.5 Å². The Kier molecular flexibility index (Phi) is 8.44. The summed E-state index contributed by atoms with van der Waals surface area (Å²) in [6.45, 7) is 4.62. The molecule has 0 saturated carbocycles. The average Bonchev–Trinajstić information content (AvgIpc) is 3.19. The number of carbonyl (C=O) groups is 1. The van der Waals surface area contributed by atoms with E-state index >= 15 is 0 Å².